The average molecular weight is 272 g/mol. The summed E-state index contributed by atoms with van der Waals surface area (Å²) >= 11 is 3.50. The highest BCUT2D eigenvalue weighted by molar-refractivity contribution is 9.10. The fourth-order valence-electron chi connectivity index (χ4n) is 1.97. The Morgan fingerprint density at radius 3 is 2.69 bits per heavy atom. The molecule has 2 heteroatoms. The molecule has 2 aromatic carbocycles. The van der Waals surface area contributed by atoms with Crippen molar-refractivity contribution >= 4 is 26.8 Å². The van der Waals surface area contributed by atoms with Crippen molar-refractivity contribution in [1.82, 2.24) is 4.98 Å². The van der Waals surface area contributed by atoms with E-state index in [1.165, 1.54) is 22.0 Å². The number of aromatic nitrogens is 1. The van der Waals surface area contributed by atoms with Crippen molar-refractivity contribution in [2.45, 2.75) is 0 Å². The smallest absolute Gasteiger partial charge is 0.0460 e. The molecule has 0 unspecified atom stereocenters. The normalized spacial score (nSPS) is 10.8. The highest BCUT2D eigenvalue weighted by atomic mass is 79.9. The van der Waals surface area contributed by atoms with E-state index in [1.807, 2.05) is 12.1 Å². The van der Waals surface area contributed by atoms with Gasteiger partial charge in [-0.25, -0.2) is 0 Å². The Morgan fingerprint density at radius 1 is 0.938 bits per heavy atom. The summed E-state index contributed by atoms with van der Waals surface area (Å²) in [5.74, 6) is 0. The van der Waals surface area contributed by atoms with Gasteiger partial charge >= 0.3 is 0 Å². The van der Waals surface area contributed by atoms with Gasteiger partial charge in [0.25, 0.3) is 0 Å². The minimum absolute atomic E-state index is 1.11. The highest BCUT2D eigenvalue weighted by Crippen LogP contribution is 2.29. The number of halogens is 1. The molecule has 0 atom stereocenters. The van der Waals surface area contributed by atoms with Gasteiger partial charge in [-0.15, -0.1) is 0 Å². The molecular weight excluding hydrogens is 262 g/mol. The first-order chi connectivity index (χ1) is 7.84. The van der Waals surface area contributed by atoms with Gasteiger partial charge in [-0.05, 0) is 23.8 Å². The summed E-state index contributed by atoms with van der Waals surface area (Å²) in [6.07, 6.45) is 2.06. The fourth-order valence-corrected chi connectivity index (χ4v) is 2.37. The molecule has 1 nitrogen and oxygen atoms in total. The number of aromatic amines is 1. The minimum Gasteiger partial charge on any atom is -0.361 e. The first-order valence-electron chi connectivity index (χ1n) is 5.17. The molecule has 78 valence electrons. The Balaban J connectivity index is 2.26. The number of nitrogens with one attached hydrogen (secondary N) is 1. The molecule has 0 radical (unpaired) electrons. The van der Waals surface area contributed by atoms with Crippen LogP contribution in [0.1, 0.15) is 0 Å². The molecule has 1 aromatic heterocycles. The summed E-state index contributed by atoms with van der Waals surface area (Å²) in [5.41, 5.74) is 3.65. The van der Waals surface area contributed by atoms with E-state index in [2.05, 4.69) is 63.5 Å². The van der Waals surface area contributed by atoms with Crippen LogP contribution in [0.2, 0.25) is 0 Å². The van der Waals surface area contributed by atoms with E-state index in [0.29, 0.717) is 0 Å². The molecule has 0 aliphatic carbocycles. The Kier molecular flexibility index (Phi) is 2.29. The molecule has 0 spiro atoms. The third kappa shape index (κ3) is 1.55. The zero-order valence-corrected chi connectivity index (χ0v) is 10.2. The van der Waals surface area contributed by atoms with Crippen LogP contribution in [0.5, 0.6) is 0 Å². The van der Waals surface area contributed by atoms with Crippen LogP contribution in [0.4, 0.5) is 0 Å². The van der Waals surface area contributed by atoms with Crippen LogP contribution >= 0.6 is 15.9 Å². The lowest BCUT2D eigenvalue weighted by molar-refractivity contribution is 1.47. The second-order valence-corrected chi connectivity index (χ2v) is 4.67. The van der Waals surface area contributed by atoms with Crippen LogP contribution in [0.3, 0.4) is 0 Å². The van der Waals surface area contributed by atoms with Gasteiger partial charge in [0.05, 0.1) is 0 Å². The van der Waals surface area contributed by atoms with Crippen molar-refractivity contribution in [3.63, 3.8) is 0 Å². The molecule has 0 saturated heterocycles. The summed E-state index contributed by atoms with van der Waals surface area (Å²) in [7, 11) is 0. The van der Waals surface area contributed by atoms with E-state index >= 15 is 0 Å². The number of benzene rings is 2. The maximum absolute atomic E-state index is 3.50. The summed E-state index contributed by atoms with van der Waals surface area (Å²) in [5, 5.41) is 1.26. The average Bonchev–Trinajstić information content (AvgIpc) is 2.72. The van der Waals surface area contributed by atoms with Gasteiger partial charge in [-0.2, -0.15) is 0 Å². The van der Waals surface area contributed by atoms with E-state index in [9.17, 15) is 0 Å². The molecular formula is C14H10BrN. The largest absolute Gasteiger partial charge is 0.361 e. The minimum atomic E-state index is 1.11. The Bertz CT molecular complexity index is 640. The van der Waals surface area contributed by atoms with E-state index in [0.717, 1.165) is 4.47 Å². The number of fused-ring (bicyclic) bond motifs is 1. The molecule has 0 aliphatic rings. The maximum atomic E-state index is 3.50. The highest BCUT2D eigenvalue weighted by Gasteiger charge is 2.04. The number of para-hydroxylation sites is 1. The lowest BCUT2D eigenvalue weighted by atomic mass is 10.1. The quantitative estimate of drug-likeness (QED) is 0.666. The van der Waals surface area contributed by atoms with E-state index in [4.69, 9.17) is 0 Å². The van der Waals surface area contributed by atoms with Crippen LogP contribution in [0.15, 0.2) is 59.2 Å². The molecule has 3 rings (SSSR count). The van der Waals surface area contributed by atoms with Crippen molar-refractivity contribution in [3.8, 4) is 11.1 Å². The zero-order valence-electron chi connectivity index (χ0n) is 8.57. The molecule has 0 aliphatic heterocycles. The number of rotatable bonds is 1. The molecule has 0 bridgehead atoms. The van der Waals surface area contributed by atoms with Crippen LogP contribution in [0, 0.1) is 0 Å². The molecule has 3 aromatic rings. The number of H-pyrrole nitrogens is 1. The van der Waals surface area contributed by atoms with Crippen molar-refractivity contribution in [2.24, 2.45) is 0 Å². The zero-order chi connectivity index (χ0) is 11.0. The van der Waals surface area contributed by atoms with Crippen LogP contribution < -0.4 is 0 Å². The third-order valence-corrected chi connectivity index (χ3v) is 3.22. The van der Waals surface area contributed by atoms with Gasteiger partial charge in [0.1, 0.15) is 0 Å². The molecule has 0 amide bonds. The van der Waals surface area contributed by atoms with Gasteiger partial charge < -0.3 is 4.98 Å². The van der Waals surface area contributed by atoms with Gasteiger partial charge in [0, 0.05) is 27.1 Å². The Hall–Kier alpha value is -1.54. The Labute approximate surface area is 102 Å². The first-order valence-corrected chi connectivity index (χ1v) is 5.96. The van der Waals surface area contributed by atoms with Crippen LogP contribution in [0.25, 0.3) is 22.0 Å². The predicted octanol–water partition coefficient (Wildman–Crippen LogP) is 4.60. The molecule has 0 saturated carbocycles. The third-order valence-electron chi connectivity index (χ3n) is 2.72. The number of hydrogen-bond acceptors (Lipinski definition) is 0. The van der Waals surface area contributed by atoms with Crippen molar-refractivity contribution in [2.75, 3.05) is 0 Å². The molecule has 1 N–H and O–H groups in total. The SMILES string of the molecule is Brc1cccc(-c2c[nH]c3ccccc23)c1. The summed E-state index contributed by atoms with van der Waals surface area (Å²) < 4.78 is 1.11. The maximum Gasteiger partial charge on any atom is 0.0460 e. The Morgan fingerprint density at radius 2 is 1.81 bits per heavy atom. The molecule has 16 heavy (non-hydrogen) atoms. The van der Waals surface area contributed by atoms with E-state index in [1.54, 1.807) is 0 Å². The van der Waals surface area contributed by atoms with Gasteiger partial charge in [-0.3, -0.25) is 0 Å². The van der Waals surface area contributed by atoms with Gasteiger partial charge in [-0.1, -0.05) is 46.3 Å². The fraction of sp³-hybridized carbons (Fsp3) is 0. The predicted molar refractivity (Wildman–Crippen MR) is 71.4 cm³/mol. The second-order valence-electron chi connectivity index (χ2n) is 3.76. The van der Waals surface area contributed by atoms with Gasteiger partial charge in [0.2, 0.25) is 0 Å². The topological polar surface area (TPSA) is 15.8 Å². The van der Waals surface area contributed by atoms with Crippen molar-refractivity contribution < 1.29 is 0 Å². The summed E-state index contributed by atoms with van der Waals surface area (Å²) in [4.78, 5) is 3.29. The number of hydrogen-bond donors (Lipinski definition) is 1. The first kappa shape index (κ1) is 9.67. The van der Waals surface area contributed by atoms with Gasteiger partial charge in [0.15, 0.2) is 0 Å². The molecule has 1 heterocycles. The summed E-state index contributed by atoms with van der Waals surface area (Å²) in [6.45, 7) is 0. The monoisotopic (exact) mass is 271 g/mol. The standard InChI is InChI=1S/C14H10BrN/c15-11-5-3-4-10(8-11)13-9-16-14-7-2-1-6-12(13)14/h1-9,16H. The van der Waals surface area contributed by atoms with Crippen LogP contribution in [-0.4, -0.2) is 4.98 Å². The van der Waals surface area contributed by atoms with E-state index < -0.39 is 0 Å². The van der Waals surface area contributed by atoms with Crippen LogP contribution in [-0.2, 0) is 0 Å². The van der Waals surface area contributed by atoms with Crippen molar-refractivity contribution in [1.29, 1.82) is 0 Å². The lowest BCUT2D eigenvalue weighted by Gasteiger charge is -2.00. The second kappa shape index (κ2) is 3.80. The summed E-state index contributed by atoms with van der Waals surface area (Å²) in [6, 6.07) is 16.7. The van der Waals surface area contributed by atoms with E-state index in [-0.39, 0.29) is 0 Å². The van der Waals surface area contributed by atoms with Crippen molar-refractivity contribution in [3.05, 3.63) is 59.2 Å². The molecule has 0 fully saturated rings. The lowest BCUT2D eigenvalue weighted by Crippen LogP contribution is -1.74.